The molecule has 0 spiro atoms. The Labute approximate surface area is 132 Å². The van der Waals surface area contributed by atoms with Crippen molar-refractivity contribution >= 4 is 43.8 Å². The average molecular weight is 364 g/mol. The van der Waals surface area contributed by atoms with Crippen LogP contribution in [0.1, 0.15) is 15.9 Å². The zero-order valence-electron chi connectivity index (χ0n) is 11.0. The number of nitrogens with one attached hydrogen (secondary N) is 1. The fourth-order valence-electron chi connectivity index (χ4n) is 1.90. The van der Waals surface area contributed by atoms with E-state index < -0.39 is 5.91 Å². The number of carbonyl (C=O) groups excluding carboxylic acids is 1. The number of amides is 1. The summed E-state index contributed by atoms with van der Waals surface area (Å²) in [4.78, 5) is 29.1. The summed E-state index contributed by atoms with van der Waals surface area (Å²) in [5.74, 6) is -0.463. The number of halogens is 1. The monoisotopic (exact) mass is 363 g/mol. The van der Waals surface area contributed by atoms with Gasteiger partial charge in [-0.25, -0.2) is 4.98 Å². The largest absolute Gasteiger partial charge is 0.322 e. The number of aryl methyl sites for hydroxylation is 1. The fourth-order valence-corrected chi connectivity index (χ4v) is 2.82. The van der Waals surface area contributed by atoms with Crippen LogP contribution in [0.5, 0.6) is 0 Å². The second-order valence-electron chi connectivity index (χ2n) is 4.45. The molecular weight excluding hydrogens is 354 g/mol. The van der Waals surface area contributed by atoms with Crippen molar-refractivity contribution in [3.63, 3.8) is 0 Å². The van der Waals surface area contributed by atoms with E-state index in [9.17, 15) is 9.59 Å². The molecule has 106 valence electrons. The summed E-state index contributed by atoms with van der Waals surface area (Å²) in [7, 11) is 0. The maximum Gasteiger partial charge on any atom is 0.271 e. The van der Waals surface area contributed by atoms with Crippen LogP contribution >= 0.6 is 27.3 Å². The van der Waals surface area contributed by atoms with Gasteiger partial charge in [0.05, 0.1) is 0 Å². The second-order valence-corrected chi connectivity index (χ2v) is 6.18. The van der Waals surface area contributed by atoms with E-state index in [0.717, 1.165) is 10.0 Å². The predicted octanol–water partition coefficient (Wildman–Crippen LogP) is 3.08. The second kappa shape index (κ2) is 5.42. The number of hydrogen-bond acceptors (Lipinski definition) is 4. The molecule has 0 saturated heterocycles. The zero-order chi connectivity index (χ0) is 15.0. The van der Waals surface area contributed by atoms with Crippen molar-refractivity contribution in [3.8, 4) is 0 Å². The highest BCUT2D eigenvalue weighted by atomic mass is 79.9. The van der Waals surface area contributed by atoms with Crippen molar-refractivity contribution in [2.75, 3.05) is 5.32 Å². The first-order valence-corrected chi connectivity index (χ1v) is 7.76. The number of anilines is 1. The number of rotatable bonds is 2. The molecule has 0 atom stereocenters. The molecule has 0 aliphatic heterocycles. The lowest BCUT2D eigenvalue weighted by atomic mass is 10.2. The SMILES string of the molecule is Cc1cc(NC(=O)c2cnc3sccn3c2=O)ccc1Br. The van der Waals surface area contributed by atoms with Gasteiger partial charge in [-0.1, -0.05) is 15.9 Å². The standard InChI is InChI=1S/C14H10BrN3O2S/c1-8-6-9(2-3-11(8)15)17-12(19)10-7-16-14-18(13(10)20)4-5-21-14/h2-7H,1H3,(H,17,19). The Kier molecular flexibility index (Phi) is 3.60. The molecule has 21 heavy (non-hydrogen) atoms. The van der Waals surface area contributed by atoms with E-state index >= 15 is 0 Å². The molecule has 0 aliphatic carbocycles. The topological polar surface area (TPSA) is 63.5 Å². The van der Waals surface area contributed by atoms with Crippen molar-refractivity contribution in [2.45, 2.75) is 6.92 Å². The molecule has 0 unspecified atom stereocenters. The van der Waals surface area contributed by atoms with Crippen LogP contribution in [0.4, 0.5) is 5.69 Å². The Hall–Kier alpha value is -1.99. The quantitative estimate of drug-likeness (QED) is 0.760. The van der Waals surface area contributed by atoms with Gasteiger partial charge in [0.15, 0.2) is 4.96 Å². The molecule has 1 aromatic carbocycles. The van der Waals surface area contributed by atoms with E-state index in [2.05, 4.69) is 26.2 Å². The van der Waals surface area contributed by atoms with Crippen LogP contribution in [0.15, 0.2) is 45.2 Å². The highest BCUT2D eigenvalue weighted by Gasteiger charge is 2.14. The van der Waals surface area contributed by atoms with Gasteiger partial charge < -0.3 is 5.32 Å². The molecule has 3 aromatic rings. The molecule has 0 bridgehead atoms. The lowest BCUT2D eigenvalue weighted by molar-refractivity contribution is 0.102. The summed E-state index contributed by atoms with van der Waals surface area (Å²) in [6.45, 7) is 1.92. The normalized spacial score (nSPS) is 10.8. The molecule has 0 fully saturated rings. The van der Waals surface area contributed by atoms with Crippen LogP contribution in [-0.2, 0) is 0 Å². The van der Waals surface area contributed by atoms with E-state index in [1.807, 2.05) is 19.1 Å². The first-order valence-electron chi connectivity index (χ1n) is 6.08. The number of carbonyl (C=O) groups is 1. The van der Waals surface area contributed by atoms with Crippen molar-refractivity contribution in [1.29, 1.82) is 0 Å². The third-order valence-corrected chi connectivity index (χ3v) is 4.66. The summed E-state index contributed by atoms with van der Waals surface area (Å²) >= 11 is 4.74. The van der Waals surface area contributed by atoms with Crippen LogP contribution in [0, 0.1) is 6.92 Å². The maximum atomic E-state index is 12.2. The highest BCUT2D eigenvalue weighted by molar-refractivity contribution is 9.10. The Morgan fingerprint density at radius 2 is 2.24 bits per heavy atom. The van der Waals surface area contributed by atoms with Gasteiger partial charge in [0.25, 0.3) is 11.5 Å². The Morgan fingerprint density at radius 3 is 3.00 bits per heavy atom. The van der Waals surface area contributed by atoms with Crippen molar-refractivity contribution in [3.05, 3.63) is 61.9 Å². The molecule has 3 rings (SSSR count). The zero-order valence-corrected chi connectivity index (χ0v) is 13.4. The molecule has 0 radical (unpaired) electrons. The van der Waals surface area contributed by atoms with Crippen molar-refractivity contribution < 1.29 is 4.79 Å². The first-order chi connectivity index (χ1) is 10.1. The number of nitrogens with zero attached hydrogens (tertiary/aromatic N) is 2. The number of fused-ring (bicyclic) bond motifs is 1. The summed E-state index contributed by atoms with van der Waals surface area (Å²) in [6, 6.07) is 5.44. The molecule has 0 saturated carbocycles. The minimum Gasteiger partial charge on any atom is -0.322 e. The van der Waals surface area contributed by atoms with Crippen LogP contribution < -0.4 is 10.9 Å². The molecular formula is C14H10BrN3O2S. The maximum absolute atomic E-state index is 12.2. The van der Waals surface area contributed by atoms with Crippen LogP contribution in [0.25, 0.3) is 4.96 Å². The van der Waals surface area contributed by atoms with Gasteiger partial charge in [-0.05, 0) is 30.7 Å². The van der Waals surface area contributed by atoms with Gasteiger partial charge in [-0.15, -0.1) is 11.3 Å². The van der Waals surface area contributed by atoms with Gasteiger partial charge in [-0.2, -0.15) is 0 Å². The van der Waals surface area contributed by atoms with Crippen molar-refractivity contribution in [2.24, 2.45) is 0 Å². The van der Waals surface area contributed by atoms with E-state index in [1.54, 1.807) is 17.6 Å². The number of benzene rings is 1. The van der Waals surface area contributed by atoms with Gasteiger partial charge in [0.2, 0.25) is 0 Å². The molecule has 0 aliphatic rings. The van der Waals surface area contributed by atoms with E-state index in [-0.39, 0.29) is 11.1 Å². The molecule has 1 amide bonds. The summed E-state index contributed by atoms with van der Waals surface area (Å²) in [6.07, 6.45) is 2.92. The third-order valence-electron chi connectivity index (χ3n) is 3.00. The number of thiazole rings is 1. The fraction of sp³-hybridized carbons (Fsp3) is 0.0714. The minimum absolute atomic E-state index is 0.0199. The lowest BCUT2D eigenvalue weighted by Gasteiger charge is -2.06. The van der Waals surface area contributed by atoms with E-state index in [4.69, 9.17) is 0 Å². The van der Waals surface area contributed by atoms with Gasteiger partial charge in [-0.3, -0.25) is 14.0 Å². The first kappa shape index (κ1) is 14.0. The summed E-state index contributed by atoms with van der Waals surface area (Å²) < 4.78 is 2.33. The Morgan fingerprint density at radius 1 is 1.43 bits per heavy atom. The van der Waals surface area contributed by atoms with E-state index in [1.165, 1.54) is 21.9 Å². The van der Waals surface area contributed by atoms with Crippen LogP contribution in [-0.4, -0.2) is 15.3 Å². The van der Waals surface area contributed by atoms with Gasteiger partial charge in [0.1, 0.15) is 5.56 Å². The number of hydrogen-bond donors (Lipinski definition) is 1. The smallest absolute Gasteiger partial charge is 0.271 e. The molecule has 5 nitrogen and oxygen atoms in total. The van der Waals surface area contributed by atoms with E-state index in [0.29, 0.717) is 10.6 Å². The minimum atomic E-state index is -0.463. The molecule has 7 heteroatoms. The summed E-state index contributed by atoms with van der Waals surface area (Å²) in [5, 5.41) is 4.47. The number of aromatic nitrogens is 2. The van der Waals surface area contributed by atoms with Gasteiger partial charge >= 0.3 is 0 Å². The molecule has 2 heterocycles. The van der Waals surface area contributed by atoms with Gasteiger partial charge in [0, 0.05) is 27.9 Å². The average Bonchev–Trinajstić information content (AvgIpc) is 2.92. The highest BCUT2D eigenvalue weighted by Crippen LogP contribution is 2.20. The Balaban J connectivity index is 1.95. The lowest BCUT2D eigenvalue weighted by Crippen LogP contribution is -2.25. The Bertz CT molecular complexity index is 901. The molecule has 2 aromatic heterocycles. The molecule has 1 N–H and O–H groups in total. The van der Waals surface area contributed by atoms with Crippen LogP contribution in [0.2, 0.25) is 0 Å². The predicted molar refractivity (Wildman–Crippen MR) is 86.2 cm³/mol. The van der Waals surface area contributed by atoms with Crippen LogP contribution in [0.3, 0.4) is 0 Å². The summed E-state index contributed by atoms with van der Waals surface area (Å²) in [5.41, 5.74) is 1.28. The van der Waals surface area contributed by atoms with Crippen molar-refractivity contribution in [1.82, 2.24) is 9.38 Å². The third kappa shape index (κ3) is 2.62.